The maximum Gasteiger partial charge on any atom is 0.317 e. The Kier molecular flexibility index (Phi) is 4.92. The van der Waals surface area contributed by atoms with Gasteiger partial charge in [0.2, 0.25) is 0 Å². The molecule has 1 aliphatic heterocycles. The Balaban J connectivity index is 2.02. The molecule has 1 aliphatic rings. The van der Waals surface area contributed by atoms with Gasteiger partial charge in [0.1, 0.15) is 5.82 Å². The summed E-state index contributed by atoms with van der Waals surface area (Å²) in [6.07, 6.45) is 0.983. The Bertz CT molecular complexity index is 473. The highest BCUT2D eigenvalue weighted by Crippen LogP contribution is 2.24. The van der Waals surface area contributed by atoms with Gasteiger partial charge in [0, 0.05) is 19.6 Å². The molecule has 110 valence electrons. The maximum atomic E-state index is 13.9. The Morgan fingerprint density at radius 3 is 2.75 bits per heavy atom. The largest absolute Gasteiger partial charge is 0.480 e. The van der Waals surface area contributed by atoms with Gasteiger partial charge in [0.25, 0.3) is 0 Å². The molecule has 0 radical (unpaired) electrons. The molecule has 0 spiro atoms. The van der Waals surface area contributed by atoms with E-state index >= 15 is 0 Å². The first kappa shape index (κ1) is 14.7. The molecule has 1 heterocycles. The Morgan fingerprint density at radius 2 is 2.10 bits per heavy atom. The zero-order valence-corrected chi connectivity index (χ0v) is 11.2. The van der Waals surface area contributed by atoms with E-state index in [0.717, 1.165) is 5.56 Å². The summed E-state index contributed by atoms with van der Waals surface area (Å²) in [6.45, 7) is 1.52. The molecule has 1 aromatic carbocycles. The second kappa shape index (κ2) is 6.67. The molecule has 0 aliphatic carbocycles. The lowest BCUT2D eigenvalue weighted by molar-refractivity contribution is -0.135. The van der Waals surface area contributed by atoms with E-state index in [1.54, 1.807) is 12.1 Å². The minimum Gasteiger partial charge on any atom is -0.480 e. The summed E-state index contributed by atoms with van der Waals surface area (Å²) in [4.78, 5) is 12.4. The number of aliphatic hydroxyl groups excluding tert-OH is 1. The van der Waals surface area contributed by atoms with Crippen LogP contribution in [0.15, 0.2) is 18.2 Å². The monoisotopic (exact) mass is 282 g/mol. The highest BCUT2D eigenvalue weighted by atomic mass is 19.1. The fourth-order valence-corrected chi connectivity index (χ4v) is 2.33. The average Bonchev–Trinajstić information content (AvgIpc) is 2.41. The number of carbonyl (C=O) groups is 1. The van der Waals surface area contributed by atoms with Gasteiger partial charge in [-0.2, -0.15) is 0 Å². The van der Waals surface area contributed by atoms with Crippen LogP contribution >= 0.6 is 0 Å². The van der Waals surface area contributed by atoms with Gasteiger partial charge in [-0.05, 0) is 30.5 Å². The van der Waals surface area contributed by atoms with Gasteiger partial charge in [0.15, 0.2) is 0 Å². The fraction of sp³-hybridized carbons (Fsp3) is 0.500. The Hall–Kier alpha value is -1.66. The van der Waals surface area contributed by atoms with Crippen LogP contribution < -0.4 is 10.2 Å². The van der Waals surface area contributed by atoms with Crippen molar-refractivity contribution in [2.45, 2.75) is 25.5 Å². The van der Waals surface area contributed by atoms with E-state index in [1.807, 2.05) is 4.90 Å². The van der Waals surface area contributed by atoms with Gasteiger partial charge < -0.3 is 20.4 Å². The zero-order chi connectivity index (χ0) is 14.5. The van der Waals surface area contributed by atoms with Crippen molar-refractivity contribution in [1.29, 1.82) is 0 Å². The first-order valence-electron chi connectivity index (χ1n) is 6.70. The lowest BCUT2D eigenvalue weighted by Gasteiger charge is -2.32. The van der Waals surface area contributed by atoms with E-state index in [4.69, 9.17) is 5.11 Å². The summed E-state index contributed by atoms with van der Waals surface area (Å²) < 4.78 is 13.9. The van der Waals surface area contributed by atoms with Crippen LogP contribution in [0.1, 0.15) is 18.4 Å². The Morgan fingerprint density at radius 1 is 1.40 bits per heavy atom. The second-order valence-corrected chi connectivity index (χ2v) is 5.00. The predicted octanol–water partition coefficient (Wildman–Crippen LogP) is 0.961. The lowest BCUT2D eigenvalue weighted by atomic mass is 10.1. The Labute approximate surface area is 117 Å². The standard InChI is InChI=1S/C14H19FN2O3/c15-12-2-1-10(8-16-9-14(19)20)7-13(12)17-5-3-11(18)4-6-17/h1-2,7,11,16,18H,3-6,8-9H2,(H,19,20). The van der Waals surface area contributed by atoms with Crippen LogP contribution in [0, 0.1) is 5.82 Å². The number of nitrogens with zero attached hydrogens (tertiary/aromatic N) is 1. The van der Waals surface area contributed by atoms with Crippen molar-refractivity contribution in [3.8, 4) is 0 Å². The third-order valence-corrected chi connectivity index (χ3v) is 3.42. The normalized spacial score (nSPS) is 16.4. The van der Waals surface area contributed by atoms with Gasteiger partial charge in [-0.3, -0.25) is 4.79 Å². The molecular weight excluding hydrogens is 263 g/mol. The molecule has 2 rings (SSSR count). The zero-order valence-electron chi connectivity index (χ0n) is 11.2. The summed E-state index contributed by atoms with van der Waals surface area (Å²) in [5.74, 6) is -1.21. The summed E-state index contributed by atoms with van der Waals surface area (Å²) in [7, 11) is 0. The lowest BCUT2D eigenvalue weighted by Crippen LogP contribution is -2.36. The molecule has 0 aromatic heterocycles. The van der Waals surface area contributed by atoms with Crippen molar-refractivity contribution in [3.63, 3.8) is 0 Å². The van der Waals surface area contributed by atoms with Gasteiger partial charge in [-0.15, -0.1) is 0 Å². The highest BCUT2D eigenvalue weighted by molar-refractivity contribution is 5.69. The minimum atomic E-state index is -0.919. The van der Waals surface area contributed by atoms with Crippen LogP contribution in [0.3, 0.4) is 0 Å². The third kappa shape index (κ3) is 3.91. The predicted molar refractivity (Wildman–Crippen MR) is 73.2 cm³/mol. The summed E-state index contributed by atoms with van der Waals surface area (Å²) >= 11 is 0. The summed E-state index contributed by atoms with van der Waals surface area (Å²) in [5.41, 5.74) is 1.36. The van der Waals surface area contributed by atoms with E-state index in [-0.39, 0.29) is 18.5 Å². The number of hydrogen-bond donors (Lipinski definition) is 3. The van der Waals surface area contributed by atoms with Crippen molar-refractivity contribution in [2.24, 2.45) is 0 Å². The summed E-state index contributed by atoms with van der Waals surface area (Å²) in [5, 5.41) is 20.8. The second-order valence-electron chi connectivity index (χ2n) is 5.00. The van der Waals surface area contributed by atoms with E-state index in [2.05, 4.69) is 5.32 Å². The van der Waals surface area contributed by atoms with Crippen LogP contribution in [0.25, 0.3) is 0 Å². The van der Waals surface area contributed by atoms with Gasteiger partial charge in [-0.25, -0.2) is 4.39 Å². The number of hydrogen-bond acceptors (Lipinski definition) is 4. The highest BCUT2D eigenvalue weighted by Gasteiger charge is 2.19. The van der Waals surface area contributed by atoms with Crippen LogP contribution in [-0.2, 0) is 11.3 Å². The fourth-order valence-electron chi connectivity index (χ4n) is 2.33. The molecule has 1 fully saturated rings. The van der Waals surface area contributed by atoms with Crippen molar-refractivity contribution in [3.05, 3.63) is 29.6 Å². The molecule has 0 unspecified atom stereocenters. The molecular formula is C14H19FN2O3. The number of aliphatic hydroxyl groups is 1. The molecule has 6 heteroatoms. The number of anilines is 1. The summed E-state index contributed by atoms with van der Waals surface area (Å²) in [6, 6.07) is 4.78. The smallest absolute Gasteiger partial charge is 0.317 e. The van der Waals surface area contributed by atoms with Crippen LogP contribution in [0.2, 0.25) is 0 Å². The molecule has 3 N–H and O–H groups in total. The number of benzene rings is 1. The maximum absolute atomic E-state index is 13.9. The topological polar surface area (TPSA) is 72.8 Å². The third-order valence-electron chi connectivity index (χ3n) is 3.42. The van der Waals surface area contributed by atoms with E-state index in [1.165, 1.54) is 6.07 Å². The van der Waals surface area contributed by atoms with Crippen molar-refractivity contribution in [2.75, 3.05) is 24.5 Å². The van der Waals surface area contributed by atoms with Gasteiger partial charge in [-0.1, -0.05) is 6.07 Å². The van der Waals surface area contributed by atoms with E-state index < -0.39 is 5.97 Å². The van der Waals surface area contributed by atoms with Gasteiger partial charge in [0.05, 0.1) is 18.3 Å². The molecule has 0 saturated carbocycles. The van der Waals surface area contributed by atoms with Crippen molar-refractivity contribution >= 4 is 11.7 Å². The molecule has 1 saturated heterocycles. The number of rotatable bonds is 5. The number of carboxylic acid groups (broad SMARTS) is 1. The molecule has 0 bridgehead atoms. The molecule has 1 aromatic rings. The molecule has 20 heavy (non-hydrogen) atoms. The van der Waals surface area contributed by atoms with Crippen LogP contribution in [0.4, 0.5) is 10.1 Å². The molecule has 5 nitrogen and oxygen atoms in total. The molecule has 0 amide bonds. The van der Waals surface area contributed by atoms with Crippen LogP contribution in [-0.4, -0.2) is 41.9 Å². The van der Waals surface area contributed by atoms with Crippen molar-refractivity contribution < 1.29 is 19.4 Å². The number of halogens is 1. The average molecular weight is 282 g/mol. The van der Waals surface area contributed by atoms with Gasteiger partial charge >= 0.3 is 5.97 Å². The number of carboxylic acids is 1. The number of aliphatic carboxylic acids is 1. The minimum absolute atomic E-state index is 0.122. The number of piperidine rings is 1. The quantitative estimate of drug-likeness (QED) is 0.750. The van der Waals surface area contributed by atoms with E-state index in [0.29, 0.717) is 38.2 Å². The first-order chi connectivity index (χ1) is 9.56. The van der Waals surface area contributed by atoms with Crippen molar-refractivity contribution in [1.82, 2.24) is 5.32 Å². The van der Waals surface area contributed by atoms with Crippen LogP contribution in [0.5, 0.6) is 0 Å². The first-order valence-corrected chi connectivity index (χ1v) is 6.70. The number of nitrogens with one attached hydrogen (secondary N) is 1. The molecule has 0 atom stereocenters. The van der Waals surface area contributed by atoms with E-state index in [9.17, 15) is 14.3 Å². The SMILES string of the molecule is O=C(O)CNCc1ccc(F)c(N2CCC(O)CC2)c1.